The highest BCUT2D eigenvalue weighted by Crippen LogP contribution is 2.29. The second-order valence-corrected chi connectivity index (χ2v) is 11.6. The number of rotatable bonds is 2. The molecule has 0 radical (unpaired) electrons. The molecule has 1 aliphatic heterocycles. The van der Waals surface area contributed by atoms with E-state index in [2.05, 4.69) is 25.3 Å². The minimum atomic E-state index is -4.15. The van der Waals surface area contributed by atoms with E-state index >= 15 is 0 Å². The molecule has 11 heteroatoms. The molecule has 3 aromatic rings. The summed E-state index contributed by atoms with van der Waals surface area (Å²) in [7, 11) is -4.15. The van der Waals surface area contributed by atoms with E-state index in [4.69, 9.17) is 4.74 Å². The van der Waals surface area contributed by atoms with Gasteiger partial charge < -0.3 is 15.4 Å². The number of benzene rings is 2. The normalized spacial score (nSPS) is 17.1. The van der Waals surface area contributed by atoms with Crippen molar-refractivity contribution in [2.45, 2.75) is 51.1 Å². The van der Waals surface area contributed by atoms with Crippen molar-refractivity contribution in [1.82, 2.24) is 20.6 Å². The van der Waals surface area contributed by atoms with Crippen LogP contribution < -0.4 is 20.1 Å². The molecular formula is C26H29N5O5S. The zero-order valence-electron chi connectivity index (χ0n) is 21.2. The lowest BCUT2D eigenvalue weighted by molar-refractivity contribution is -0.125. The largest absolute Gasteiger partial charge is 0.475 e. The van der Waals surface area contributed by atoms with Crippen LogP contribution in [0.25, 0.3) is 11.3 Å². The van der Waals surface area contributed by atoms with Crippen LogP contribution in [0.3, 0.4) is 0 Å². The smallest absolute Gasteiger partial charge is 0.264 e. The summed E-state index contributed by atoms with van der Waals surface area (Å²) < 4.78 is 34.6. The van der Waals surface area contributed by atoms with Gasteiger partial charge in [-0.15, -0.1) is 0 Å². The van der Waals surface area contributed by atoms with Crippen LogP contribution in [0.4, 0.5) is 5.95 Å². The molecule has 0 aliphatic carbocycles. The lowest BCUT2D eigenvalue weighted by Crippen LogP contribution is -2.54. The van der Waals surface area contributed by atoms with E-state index in [0.29, 0.717) is 5.69 Å². The number of hydrogen-bond acceptors (Lipinski definition) is 7. The van der Waals surface area contributed by atoms with Gasteiger partial charge in [0.05, 0.1) is 10.6 Å². The highest BCUT2D eigenvalue weighted by atomic mass is 32.2. The van der Waals surface area contributed by atoms with Gasteiger partial charge in [0.2, 0.25) is 17.7 Å². The number of hydrogen-bond donors (Lipinski definition) is 3. The fraction of sp³-hybridized carbons (Fsp3) is 0.308. The molecule has 4 bridgehead atoms. The van der Waals surface area contributed by atoms with Crippen LogP contribution in [0.15, 0.2) is 53.4 Å². The number of amides is 2. The summed E-state index contributed by atoms with van der Waals surface area (Å²) in [5, 5.41) is 5.49. The molecule has 194 valence electrons. The van der Waals surface area contributed by atoms with Gasteiger partial charge in [0.15, 0.2) is 0 Å². The van der Waals surface area contributed by atoms with Crippen molar-refractivity contribution in [2.75, 3.05) is 11.3 Å². The Morgan fingerprint density at radius 1 is 1.05 bits per heavy atom. The Bertz CT molecular complexity index is 1460. The monoisotopic (exact) mass is 523 g/mol. The lowest BCUT2D eigenvalue weighted by Gasteiger charge is -2.25. The second-order valence-electron chi connectivity index (χ2n) is 9.89. The van der Waals surface area contributed by atoms with Gasteiger partial charge in [0.25, 0.3) is 15.9 Å². The first-order valence-corrected chi connectivity index (χ1v) is 13.1. The van der Waals surface area contributed by atoms with Gasteiger partial charge in [0.1, 0.15) is 12.6 Å². The maximum absolute atomic E-state index is 13.2. The van der Waals surface area contributed by atoms with E-state index in [1.165, 1.54) is 24.3 Å². The van der Waals surface area contributed by atoms with Crippen LogP contribution in [-0.2, 0) is 14.8 Å². The molecule has 0 fully saturated rings. The average molecular weight is 524 g/mol. The Balaban J connectivity index is 1.85. The molecule has 1 unspecified atom stereocenters. The van der Waals surface area contributed by atoms with E-state index in [1.54, 1.807) is 6.07 Å². The molecule has 0 saturated carbocycles. The third-order valence-electron chi connectivity index (χ3n) is 5.59. The number of anilines is 1. The molecule has 37 heavy (non-hydrogen) atoms. The maximum atomic E-state index is 13.2. The molecule has 0 saturated heterocycles. The Kier molecular flexibility index (Phi) is 6.92. The summed E-state index contributed by atoms with van der Waals surface area (Å²) >= 11 is 0. The maximum Gasteiger partial charge on any atom is 0.264 e. The van der Waals surface area contributed by atoms with E-state index in [-0.39, 0.29) is 28.9 Å². The van der Waals surface area contributed by atoms with Gasteiger partial charge in [-0.2, -0.15) is 4.98 Å². The Labute approximate surface area is 215 Å². The first-order valence-electron chi connectivity index (χ1n) is 11.7. The van der Waals surface area contributed by atoms with Crippen molar-refractivity contribution in [1.29, 1.82) is 0 Å². The van der Waals surface area contributed by atoms with Gasteiger partial charge in [-0.1, -0.05) is 24.3 Å². The zero-order valence-corrected chi connectivity index (χ0v) is 22.1. The Morgan fingerprint density at radius 3 is 2.41 bits per heavy atom. The standard InChI is InChI=1S/C26H29N5O5S/c1-15-8-6-9-16(2)22(15)19-13-21-29-25(28-19)31-37(34,35)18-11-7-10-17(12-18)23(32)27-20(14-36-21)24(33)30-26(3,4)5/h6-13,20H,14H2,1-5H3,(H,27,32)(H,30,33)(H,28,29,31). The fourth-order valence-electron chi connectivity index (χ4n) is 3.92. The third kappa shape index (κ3) is 6.05. The first kappa shape index (κ1) is 26.1. The van der Waals surface area contributed by atoms with Crippen molar-refractivity contribution in [3.05, 3.63) is 65.2 Å². The number of nitrogens with zero attached hydrogens (tertiary/aromatic N) is 2. The topological polar surface area (TPSA) is 139 Å². The average Bonchev–Trinajstić information content (AvgIpc) is 2.80. The van der Waals surface area contributed by atoms with E-state index < -0.39 is 33.4 Å². The number of fused-ring (bicyclic) bond motifs is 4. The molecule has 2 amide bonds. The molecule has 1 atom stereocenters. The number of ether oxygens (including phenoxy) is 1. The summed E-state index contributed by atoms with van der Waals surface area (Å²) in [6, 6.07) is 11.7. The highest BCUT2D eigenvalue weighted by molar-refractivity contribution is 7.92. The van der Waals surface area contributed by atoms with E-state index in [9.17, 15) is 18.0 Å². The third-order valence-corrected chi connectivity index (χ3v) is 6.92. The van der Waals surface area contributed by atoms with Gasteiger partial charge in [0, 0.05) is 22.7 Å². The number of aryl methyl sites for hydroxylation is 2. The molecular weight excluding hydrogens is 494 g/mol. The number of sulfonamides is 1. The molecule has 1 aromatic heterocycles. The second kappa shape index (κ2) is 9.81. The van der Waals surface area contributed by atoms with Crippen molar-refractivity contribution in [2.24, 2.45) is 0 Å². The summed E-state index contributed by atoms with van der Waals surface area (Å²) in [6.45, 7) is 9.06. The molecule has 10 nitrogen and oxygen atoms in total. The number of nitrogens with one attached hydrogen (secondary N) is 3. The van der Waals surface area contributed by atoms with Crippen LogP contribution in [0.1, 0.15) is 42.3 Å². The quantitative estimate of drug-likeness (QED) is 0.469. The number of carbonyl (C=O) groups is 2. The molecule has 4 rings (SSSR count). The molecule has 3 N–H and O–H groups in total. The van der Waals surface area contributed by atoms with Gasteiger partial charge >= 0.3 is 0 Å². The molecule has 1 aliphatic rings. The fourth-order valence-corrected chi connectivity index (χ4v) is 4.91. The summed E-state index contributed by atoms with van der Waals surface area (Å²) in [4.78, 5) is 34.6. The lowest BCUT2D eigenvalue weighted by atomic mass is 10.00. The summed E-state index contributed by atoms with van der Waals surface area (Å²) in [5.74, 6) is -1.24. The van der Waals surface area contributed by atoms with Crippen LogP contribution in [0, 0.1) is 13.8 Å². The van der Waals surface area contributed by atoms with Crippen LogP contribution in [0.2, 0.25) is 0 Å². The van der Waals surface area contributed by atoms with Crippen molar-refractivity contribution < 1.29 is 22.7 Å². The van der Waals surface area contributed by atoms with E-state index in [1.807, 2.05) is 52.8 Å². The zero-order chi connectivity index (χ0) is 27.0. The minimum Gasteiger partial charge on any atom is -0.475 e. The van der Waals surface area contributed by atoms with Crippen LogP contribution >= 0.6 is 0 Å². The summed E-state index contributed by atoms with van der Waals surface area (Å²) in [5.41, 5.74) is 2.62. The summed E-state index contributed by atoms with van der Waals surface area (Å²) in [6.07, 6.45) is 0. The van der Waals surface area contributed by atoms with Crippen LogP contribution in [-0.4, -0.2) is 48.4 Å². The van der Waals surface area contributed by atoms with Crippen molar-refractivity contribution in [3.8, 4) is 17.1 Å². The number of aromatic nitrogens is 2. The van der Waals surface area contributed by atoms with Crippen LogP contribution in [0.5, 0.6) is 5.88 Å². The van der Waals surface area contributed by atoms with Gasteiger partial charge in [-0.25, -0.2) is 18.1 Å². The van der Waals surface area contributed by atoms with E-state index in [0.717, 1.165) is 16.7 Å². The first-order chi connectivity index (χ1) is 17.3. The SMILES string of the molecule is Cc1cccc(C)c1-c1cc2nc(n1)NS(=O)(=O)c1cccc(c1)C(=O)NC(C(=O)NC(C)(C)C)CO2. The Morgan fingerprint density at radius 2 is 1.73 bits per heavy atom. The molecule has 2 aromatic carbocycles. The highest BCUT2D eigenvalue weighted by Gasteiger charge is 2.28. The Hall–Kier alpha value is -3.99. The molecule has 0 spiro atoms. The van der Waals surface area contributed by atoms with Crippen molar-refractivity contribution in [3.63, 3.8) is 0 Å². The van der Waals surface area contributed by atoms with Crippen molar-refractivity contribution >= 4 is 27.8 Å². The van der Waals surface area contributed by atoms with Gasteiger partial charge in [-0.05, 0) is 63.9 Å². The predicted molar refractivity (Wildman–Crippen MR) is 139 cm³/mol. The minimum absolute atomic E-state index is 0.0408. The predicted octanol–water partition coefficient (Wildman–Crippen LogP) is 2.97. The van der Waals surface area contributed by atoms with Gasteiger partial charge in [-0.3, -0.25) is 9.59 Å². The molecule has 2 heterocycles. The number of carbonyl (C=O) groups excluding carboxylic acids is 2.